The average molecular weight is 671 g/mol. The molecule has 8 atom stereocenters. The van der Waals surface area contributed by atoms with Gasteiger partial charge in [0.25, 0.3) is 5.91 Å². The van der Waals surface area contributed by atoms with Gasteiger partial charge in [0, 0.05) is 16.7 Å². The van der Waals surface area contributed by atoms with Crippen LogP contribution in [0.5, 0.6) is 0 Å². The van der Waals surface area contributed by atoms with Crippen LogP contribution >= 0.6 is 45.7 Å². The fourth-order valence-corrected chi connectivity index (χ4v) is 8.52. The summed E-state index contributed by atoms with van der Waals surface area (Å²) in [5, 5.41) is 11.5. The maximum absolute atomic E-state index is 17.2. The summed E-state index contributed by atoms with van der Waals surface area (Å²) < 4.78 is 31.4. The first-order chi connectivity index (χ1) is 14.7. The molecule has 0 spiro atoms. The van der Waals surface area contributed by atoms with Crippen LogP contribution in [0.25, 0.3) is 0 Å². The summed E-state index contributed by atoms with van der Waals surface area (Å²) in [5.41, 5.74) is -4.34. The molecule has 0 aromatic rings. The van der Waals surface area contributed by atoms with Crippen LogP contribution in [0.15, 0.2) is 23.8 Å². The smallest absolute Gasteiger partial charge is 0.275 e. The molecule has 1 N–H and O–H groups in total. The van der Waals surface area contributed by atoms with Crippen molar-refractivity contribution in [3.05, 3.63) is 23.8 Å². The highest BCUT2D eigenvalue weighted by Gasteiger charge is 2.80. The van der Waals surface area contributed by atoms with E-state index in [2.05, 4.69) is 0 Å². The van der Waals surface area contributed by atoms with Gasteiger partial charge in [-0.05, 0) is 64.5 Å². The molecule has 9 heteroatoms. The van der Waals surface area contributed by atoms with Gasteiger partial charge in [-0.1, -0.05) is 18.6 Å². The van der Waals surface area contributed by atoms with Gasteiger partial charge in [-0.2, -0.15) is 0 Å². The minimum Gasteiger partial charge on any atom is -0.390 e. The second-order valence-corrected chi connectivity index (χ2v) is 14.7. The molecule has 0 aromatic heterocycles. The number of ketones is 1. The minimum atomic E-state index is -1.94. The molecule has 0 aromatic carbocycles. The SMILES string of the molecule is CC1(C)O[C@@H]2C[C@H]3[C@@H]4CCC5=CC(=O)C=C[C@]5(C)[C@@]4(F)[C@@H](O)C[C@]3(C)[C@]2(C(=O)N(I)I)O1. The highest BCUT2D eigenvalue weighted by Crippen LogP contribution is 2.72. The van der Waals surface area contributed by atoms with E-state index in [4.69, 9.17) is 9.47 Å². The van der Waals surface area contributed by atoms with Crippen molar-refractivity contribution in [2.75, 3.05) is 0 Å². The lowest BCUT2D eigenvalue weighted by Crippen LogP contribution is -2.70. The lowest BCUT2D eigenvalue weighted by Gasteiger charge is -2.62. The molecule has 32 heavy (non-hydrogen) atoms. The molecule has 4 fully saturated rings. The zero-order valence-electron chi connectivity index (χ0n) is 18.5. The number of hydrogen-bond acceptors (Lipinski definition) is 5. The highest BCUT2D eigenvalue weighted by atomic mass is 127. The summed E-state index contributed by atoms with van der Waals surface area (Å²) >= 11 is 3.87. The highest BCUT2D eigenvalue weighted by molar-refractivity contribution is 14.2. The second-order valence-electron chi connectivity index (χ2n) is 10.9. The zero-order chi connectivity index (χ0) is 23.5. The summed E-state index contributed by atoms with van der Waals surface area (Å²) in [7, 11) is 0. The fraction of sp³-hybridized carbons (Fsp3) is 0.739. The Morgan fingerprint density at radius 3 is 2.59 bits per heavy atom. The zero-order valence-corrected chi connectivity index (χ0v) is 22.8. The van der Waals surface area contributed by atoms with Crippen LogP contribution in [0.4, 0.5) is 4.39 Å². The van der Waals surface area contributed by atoms with Gasteiger partial charge >= 0.3 is 0 Å². The summed E-state index contributed by atoms with van der Waals surface area (Å²) in [6, 6.07) is 0. The third-order valence-electron chi connectivity index (χ3n) is 9.11. The van der Waals surface area contributed by atoms with Gasteiger partial charge in [0.15, 0.2) is 22.8 Å². The Hall–Kier alpha value is -0.110. The maximum Gasteiger partial charge on any atom is 0.275 e. The monoisotopic (exact) mass is 671 g/mol. The molecule has 1 heterocycles. The number of ether oxygens (including phenoxy) is 2. The lowest BCUT2D eigenvalue weighted by atomic mass is 9.44. The Morgan fingerprint density at radius 1 is 1.25 bits per heavy atom. The topological polar surface area (TPSA) is 76.1 Å². The third kappa shape index (κ3) is 2.66. The molecule has 6 nitrogen and oxygen atoms in total. The van der Waals surface area contributed by atoms with Gasteiger partial charge in [-0.15, -0.1) is 0 Å². The van der Waals surface area contributed by atoms with Crippen LogP contribution in [0.3, 0.4) is 0 Å². The summed E-state index contributed by atoms with van der Waals surface area (Å²) in [5.74, 6) is -2.00. The third-order valence-corrected chi connectivity index (χ3v) is 9.98. The van der Waals surface area contributed by atoms with E-state index in [1.807, 2.05) is 52.7 Å². The van der Waals surface area contributed by atoms with Crippen molar-refractivity contribution in [2.45, 2.75) is 82.6 Å². The Labute approximate surface area is 215 Å². The van der Waals surface area contributed by atoms with Crippen LogP contribution in [0.2, 0.25) is 0 Å². The number of halogens is 3. The number of aliphatic hydroxyl groups is 1. The number of carbonyl (C=O) groups is 2. The number of hydrogen-bond donors (Lipinski definition) is 1. The van der Waals surface area contributed by atoms with E-state index in [1.165, 1.54) is 13.5 Å². The van der Waals surface area contributed by atoms with Crippen molar-refractivity contribution in [3.63, 3.8) is 0 Å². The molecule has 0 bridgehead atoms. The number of amides is 1. The van der Waals surface area contributed by atoms with Gasteiger partial charge in [-0.3, -0.25) is 9.59 Å². The molecule has 3 saturated carbocycles. The van der Waals surface area contributed by atoms with Gasteiger partial charge in [-0.25, -0.2) is 5.72 Å². The number of fused-ring (bicyclic) bond motifs is 7. The molecule has 1 amide bonds. The molecule has 0 unspecified atom stereocenters. The van der Waals surface area contributed by atoms with Crippen LogP contribution < -0.4 is 0 Å². The molecular formula is C23H28FI2NO5. The Morgan fingerprint density at radius 2 is 1.94 bits per heavy atom. The lowest BCUT2D eigenvalue weighted by molar-refractivity contribution is -0.246. The summed E-state index contributed by atoms with van der Waals surface area (Å²) in [6.45, 7) is 7.35. The quantitative estimate of drug-likeness (QED) is 0.331. The molecule has 4 aliphatic carbocycles. The first-order valence-corrected chi connectivity index (χ1v) is 13.0. The number of rotatable bonds is 1. The largest absolute Gasteiger partial charge is 0.390 e. The number of nitrogens with zero attached hydrogens (tertiary/aromatic N) is 1. The van der Waals surface area contributed by atoms with Crippen LogP contribution in [0, 0.1) is 22.7 Å². The number of alkyl halides is 1. The van der Waals surface area contributed by atoms with Crippen molar-refractivity contribution in [1.82, 2.24) is 1.33 Å². The van der Waals surface area contributed by atoms with E-state index in [0.717, 1.165) is 5.57 Å². The molecule has 176 valence electrons. The Kier molecular flexibility index (Phi) is 5.15. The predicted octanol–water partition coefficient (Wildman–Crippen LogP) is 4.39. The first kappa shape index (κ1) is 23.6. The number of allylic oxidation sites excluding steroid dienone is 4. The average Bonchev–Trinajstić information content (AvgIpc) is 3.09. The van der Waals surface area contributed by atoms with E-state index in [1.54, 1.807) is 26.8 Å². The first-order valence-electron chi connectivity index (χ1n) is 11.1. The number of aliphatic hydroxyl groups excluding tert-OH is 1. The van der Waals surface area contributed by atoms with Crippen molar-refractivity contribution >= 4 is 57.4 Å². The van der Waals surface area contributed by atoms with Gasteiger partial charge in [0.05, 0.1) is 51.8 Å². The predicted molar refractivity (Wildman–Crippen MR) is 131 cm³/mol. The van der Waals surface area contributed by atoms with E-state index < -0.39 is 46.0 Å². The maximum atomic E-state index is 17.2. The van der Waals surface area contributed by atoms with Crippen molar-refractivity contribution < 1.29 is 28.6 Å². The van der Waals surface area contributed by atoms with Crippen molar-refractivity contribution in [2.24, 2.45) is 22.7 Å². The molecule has 5 aliphatic rings. The Bertz CT molecular complexity index is 968. The summed E-state index contributed by atoms with van der Waals surface area (Å²) in [4.78, 5) is 25.6. The van der Waals surface area contributed by atoms with Crippen LogP contribution in [0.1, 0.15) is 53.4 Å². The van der Waals surface area contributed by atoms with Gasteiger partial charge < -0.3 is 14.6 Å². The normalized spacial score (nSPS) is 50.8. The molecule has 1 aliphatic heterocycles. The van der Waals surface area contributed by atoms with Gasteiger partial charge in [0.1, 0.15) is 6.10 Å². The van der Waals surface area contributed by atoms with Gasteiger partial charge in [0.2, 0.25) is 0 Å². The van der Waals surface area contributed by atoms with E-state index in [9.17, 15) is 14.7 Å². The Balaban J connectivity index is 1.64. The molecule has 5 rings (SSSR count). The standard InChI is InChI=1S/C23H28FI2NO5/c1-19(2)31-17-10-15-14-6-5-12-9-13(28)7-8-20(12,3)22(14,24)16(29)11-21(15,4)23(17,32-19)18(30)27(25)26/h7-9,14-17,29H,5-6,10-11H2,1-4H3/t14-,15-,16-,17+,20-,21-,22-,23-/m0/s1. The number of carbonyl (C=O) groups excluding carboxylic acids is 2. The van der Waals surface area contributed by atoms with Crippen LogP contribution in [-0.4, -0.2) is 47.4 Å². The minimum absolute atomic E-state index is 0.0815. The van der Waals surface area contributed by atoms with E-state index >= 15 is 4.39 Å². The second kappa shape index (κ2) is 6.98. The fourth-order valence-electron chi connectivity index (χ4n) is 7.80. The van der Waals surface area contributed by atoms with Crippen molar-refractivity contribution in [1.29, 1.82) is 0 Å². The van der Waals surface area contributed by atoms with E-state index in [0.29, 0.717) is 19.3 Å². The molecule has 0 radical (unpaired) electrons. The van der Waals surface area contributed by atoms with Crippen molar-refractivity contribution in [3.8, 4) is 0 Å². The van der Waals surface area contributed by atoms with E-state index in [-0.39, 0.29) is 24.0 Å². The molecular weight excluding hydrogens is 643 g/mol. The van der Waals surface area contributed by atoms with Crippen LogP contribution in [-0.2, 0) is 19.1 Å². The summed E-state index contributed by atoms with van der Waals surface area (Å²) in [6.07, 6.45) is 4.44. The molecule has 1 saturated heterocycles.